The van der Waals surface area contributed by atoms with E-state index in [1.807, 2.05) is 0 Å². The van der Waals surface area contributed by atoms with Gasteiger partial charge in [0.2, 0.25) is 0 Å². The highest BCUT2D eigenvalue weighted by molar-refractivity contribution is 5.65. The Hall–Kier alpha value is -1.46. The smallest absolute Gasteiger partial charge is 0.187 e. The number of carboxylic acids is 2. The number of ether oxygens (including phenoxy) is 5. The molecule has 2 aliphatic heterocycles. The number of carbonyl (C=O) groups is 2. The van der Waals surface area contributed by atoms with Gasteiger partial charge in [-0.25, -0.2) is 0 Å². The Morgan fingerprint density at radius 2 is 1.35 bits per heavy atom. The van der Waals surface area contributed by atoms with E-state index in [-0.39, 0.29) is 6.61 Å². The van der Waals surface area contributed by atoms with Gasteiger partial charge in [0.05, 0.1) is 50.6 Å². The molecule has 2 aliphatic rings. The molecular weight excluding hydrogens is 428 g/mol. The summed E-state index contributed by atoms with van der Waals surface area (Å²) in [6, 6.07) is 0. The number of carbonyl (C=O) groups excluding carboxylic acids is 2. The molecule has 2 fully saturated rings. The highest BCUT2D eigenvalue weighted by atomic mass is 16.7. The lowest BCUT2D eigenvalue weighted by molar-refractivity contribution is -0.353. The standard InChI is InChI=1S/C17H28O14/c1-6-7(2-27-4-9(18)19)30-17(14(25)11(6)22)31-15-8(3-28-5-10(20)21)29-16(26)13(24)12(15)23/h6-8,11-17,22-26H,2-5H2,1H3,(H,18,19)(H,20,21)/p-2. The molecule has 180 valence electrons. The molecule has 0 aromatic rings. The molecule has 2 rings (SSSR count). The molecule has 0 radical (unpaired) electrons. The Labute approximate surface area is 176 Å². The maximum absolute atomic E-state index is 10.5. The van der Waals surface area contributed by atoms with Crippen LogP contribution in [0.25, 0.3) is 0 Å². The second-order valence-electron chi connectivity index (χ2n) is 7.30. The number of rotatable bonds is 10. The zero-order valence-corrected chi connectivity index (χ0v) is 16.5. The Balaban J connectivity index is 2.09. The quantitative estimate of drug-likeness (QED) is 0.207. The third-order valence-electron chi connectivity index (χ3n) is 5.02. The van der Waals surface area contributed by atoms with Gasteiger partial charge in [-0.1, -0.05) is 6.92 Å². The van der Waals surface area contributed by atoms with Crippen molar-refractivity contribution in [3.8, 4) is 0 Å². The van der Waals surface area contributed by atoms with Crippen LogP contribution in [0.1, 0.15) is 6.92 Å². The van der Waals surface area contributed by atoms with Crippen LogP contribution in [0.2, 0.25) is 0 Å². The van der Waals surface area contributed by atoms with Crippen molar-refractivity contribution in [1.29, 1.82) is 0 Å². The Kier molecular flexibility index (Phi) is 9.50. The van der Waals surface area contributed by atoms with E-state index < -0.39 is 93.0 Å². The van der Waals surface area contributed by atoms with Crippen LogP contribution in [0.3, 0.4) is 0 Å². The summed E-state index contributed by atoms with van der Waals surface area (Å²) in [6.45, 7) is -0.820. The first kappa shape index (κ1) is 25.8. The van der Waals surface area contributed by atoms with Crippen molar-refractivity contribution >= 4 is 11.9 Å². The van der Waals surface area contributed by atoms with Crippen LogP contribution in [-0.2, 0) is 33.3 Å². The molecule has 2 saturated heterocycles. The molecule has 14 nitrogen and oxygen atoms in total. The predicted molar refractivity (Wildman–Crippen MR) is 89.3 cm³/mol. The zero-order chi connectivity index (χ0) is 23.3. The van der Waals surface area contributed by atoms with Crippen molar-refractivity contribution < 1.29 is 69.0 Å². The third kappa shape index (κ3) is 6.76. The predicted octanol–water partition coefficient (Wildman–Crippen LogP) is -6.57. The van der Waals surface area contributed by atoms with Gasteiger partial charge in [-0.2, -0.15) is 0 Å². The average molecular weight is 454 g/mol. The van der Waals surface area contributed by atoms with Gasteiger partial charge < -0.3 is 69.0 Å². The van der Waals surface area contributed by atoms with Gasteiger partial charge in [0.15, 0.2) is 12.6 Å². The number of hydrogen-bond acceptors (Lipinski definition) is 14. The molecule has 10 atom stereocenters. The van der Waals surface area contributed by atoms with Crippen LogP contribution >= 0.6 is 0 Å². The van der Waals surface area contributed by atoms with E-state index in [9.17, 15) is 45.3 Å². The minimum absolute atomic E-state index is 0.290. The molecule has 0 bridgehead atoms. The summed E-state index contributed by atoms with van der Waals surface area (Å²) in [5.41, 5.74) is 0. The fourth-order valence-electron chi connectivity index (χ4n) is 3.27. The average Bonchev–Trinajstić information content (AvgIpc) is 2.69. The summed E-state index contributed by atoms with van der Waals surface area (Å²) in [6.07, 6.45) is -13.7. The van der Waals surface area contributed by atoms with Gasteiger partial charge in [0.25, 0.3) is 0 Å². The first-order valence-electron chi connectivity index (χ1n) is 9.44. The fourth-order valence-corrected chi connectivity index (χ4v) is 3.27. The number of aliphatic carboxylic acids is 2. The topological polar surface area (TPSA) is 228 Å². The lowest BCUT2D eigenvalue weighted by atomic mass is 9.90. The van der Waals surface area contributed by atoms with E-state index in [4.69, 9.17) is 23.7 Å². The van der Waals surface area contributed by atoms with Crippen molar-refractivity contribution in [2.24, 2.45) is 5.92 Å². The number of hydrogen-bond donors (Lipinski definition) is 5. The molecule has 0 aromatic heterocycles. The van der Waals surface area contributed by atoms with Crippen LogP contribution in [0, 0.1) is 5.92 Å². The van der Waals surface area contributed by atoms with Crippen molar-refractivity contribution in [3.05, 3.63) is 0 Å². The molecule has 0 amide bonds. The van der Waals surface area contributed by atoms with E-state index in [1.165, 1.54) is 6.92 Å². The molecule has 0 spiro atoms. The maximum atomic E-state index is 10.5. The largest absolute Gasteiger partial charge is 0.548 e. The van der Waals surface area contributed by atoms with E-state index >= 15 is 0 Å². The molecule has 0 saturated carbocycles. The van der Waals surface area contributed by atoms with Crippen molar-refractivity contribution in [2.75, 3.05) is 26.4 Å². The summed E-state index contributed by atoms with van der Waals surface area (Å²) in [7, 11) is 0. The highest BCUT2D eigenvalue weighted by Gasteiger charge is 2.49. The van der Waals surface area contributed by atoms with Crippen LogP contribution < -0.4 is 10.2 Å². The summed E-state index contributed by atoms with van der Waals surface area (Å²) in [5.74, 6) is -3.69. The van der Waals surface area contributed by atoms with Gasteiger partial charge in [-0.05, 0) is 0 Å². The highest BCUT2D eigenvalue weighted by Crippen LogP contribution is 2.31. The molecule has 5 N–H and O–H groups in total. The molecule has 0 aromatic carbocycles. The van der Waals surface area contributed by atoms with Gasteiger partial charge in [-0.3, -0.25) is 0 Å². The van der Waals surface area contributed by atoms with Crippen molar-refractivity contribution in [2.45, 2.75) is 62.2 Å². The molecular formula is C17H26O14-2. The van der Waals surface area contributed by atoms with E-state index in [1.54, 1.807) is 0 Å². The number of aliphatic hydroxyl groups excluding tert-OH is 5. The lowest BCUT2D eigenvalue weighted by Crippen LogP contribution is -2.63. The van der Waals surface area contributed by atoms with E-state index in [0.29, 0.717) is 0 Å². The minimum Gasteiger partial charge on any atom is -0.548 e. The first-order chi connectivity index (χ1) is 14.5. The van der Waals surface area contributed by atoms with Gasteiger partial charge in [0, 0.05) is 5.92 Å². The van der Waals surface area contributed by atoms with Crippen LogP contribution in [0.5, 0.6) is 0 Å². The van der Waals surface area contributed by atoms with Gasteiger partial charge in [-0.15, -0.1) is 0 Å². The molecule has 2 heterocycles. The lowest BCUT2D eigenvalue weighted by Gasteiger charge is -2.46. The van der Waals surface area contributed by atoms with Crippen LogP contribution in [0.15, 0.2) is 0 Å². The second kappa shape index (κ2) is 11.4. The number of aliphatic hydroxyl groups is 5. The van der Waals surface area contributed by atoms with E-state index in [0.717, 1.165) is 0 Å². The summed E-state index contributed by atoms with van der Waals surface area (Å²) in [4.78, 5) is 21.0. The monoisotopic (exact) mass is 454 g/mol. The third-order valence-corrected chi connectivity index (χ3v) is 5.02. The van der Waals surface area contributed by atoms with Crippen LogP contribution in [-0.4, -0.2) is 119 Å². The summed E-state index contributed by atoms with van der Waals surface area (Å²) < 4.78 is 25.9. The zero-order valence-electron chi connectivity index (χ0n) is 16.5. The molecule has 0 aliphatic carbocycles. The summed E-state index contributed by atoms with van der Waals surface area (Å²) in [5, 5.41) is 71.5. The maximum Gasteiger partial charge on any atom is 0.187 e. The molecule has 31 heavy (non-hydrogen) atoms. The molecule has 14 heteroatoms. The van der Waals surface area contributed by atoms with Gasteiger partial charge in [0.1, 0.15) is 30.5 Å². The Morgan fingerprint density at radius 3 is 1.90 bits per heavy atom. The summed E-state index contributed by atoms with van der Waals surface area (Å²) >= 11 is 0. The van der Waals surface area contributed by atoms with Crippen molar-refractivity contribution in [3.63, 3.8) is 0 Å². The van der Waals surface area contributed by atoms with E-state index in [2.05, 4.69) is 0 Å². The normalized spacial score (nSPS) is 41.1. The fraction of sp³-hybridized carbons (Fsp3) is 0.882. The van der Waals surface area contributed by atoms with Gasteiger partial charge >= 0.3 is 0 Å². The Morgan fingerprint density at radius 1 is 0.806 bits per heavy atom. The minimum atomic E-state index is -1.83. The molecule has 10 unspecified atom stereocenters. The first-order valence-corrected chi connectivity index (χ1v) is 9.44. The Bertz CT molecular complexity index is 601. The second-order valence-corrected chi connectivity index (χ2v) is 7.30. The van der Waals surface area contributed by atoms with Crippen molar-refractivity contribution in [1.82, 2.24) is 0 Å². The number of carboxylic acid groups (broad SMARTS) is 2. The SMILES string of the molecule is CC1C(COCC(=O)[O-])OC(OC2C(COCC(=O)[O-])OC(O)C(O)C2O)C(O)C1O. The van der Waals surface area contributed by atoms with Crippen LogP contribution in [0.4, 0.5) is 0 Å².